The van der Waals surface area contributed by atoms with Crippen LogP contribution in [0.4, 0.5) is 8.78 Å². The molecule has 2 heterocycles. The van der Waals surface area contributed by atoms with Crippen LogP contribution in [0.25, 0.3) is 22.2 Å². The summed E-state index contributed by atoms with van der Waals surface area (Å²) in [7, 11) is 0. The maximum absolute atomic E-state index is 13.4. The molecule has 7 heteroatoms. The van der Waals surface area contributed by atoms with E-state index in [4.69, 9.17) is 14.0 Å². The number of hydrogen-bond acceptors (Lipinski definition) is 5. The highest BCUT2D eigenvalue weighted by Gasteiger charge is 2.20. The molecule has 1 aliphatic heterocycles. The normalized spacial score (nSPS) is 15.0. The molecule has 0 amide bonds. The summed E-state index contributed by atoms with van der Waals surface area (Å²) in [5.41, 5.74) is 2.01. The van der Waals surface area contributed by atoms with Crippen LogP contribution in [0.5, 0.6) is 11.5 Å². The average molecular weight is 465 g/mol. The fraction of sp³-hybridized carbons (Fsp3) is 0.296. The van der Waals surface area contributed by atoms with Crippen LogP contribution in [-0.2, 0) is 0 Å². The van der Waals surface area contributed by atoms with Gasteiger partial charge in [0.2, 0.25) is 0 Å². The molecule has 0 atom stereocenters. The third-order valence-electron chi connectivity index (χ3n) is 6.10. The second-order valence-electron chi connectivity index (χ2n) is 8.51. The third kappa shape index (κ3) is 5.37. The summed E-state index contributed by atoms with van der Waals surface area (Å²) in [6, 6.07) is 18.3. The van der Waals surface area contributed by atoms with Crippen LogP contribution in [0.2, 0.25) is 0 Å². The number of likely N-dealkylation sites (tertiary alicyclic amines) is 1. The van der Waals surface area contributed by atoms with Crippen LogP contribution in [0, 0.1) is 11.6 Å². The van der Waals surface area contributed by atoms with Crippen LogP contribution in [-0.4, -0.2) is 42.4 Å². The summed E-state index contributed by atoms with van der Waals surface area (Å²) in [5, 5.41) is 4.86. The van der Waals surface area contributed by atoms with Crippen molar-refractivity contribution < 1.29 is 22.8 Å². The molecule has 34 heavy (non-hydrogen) atoms. The summed E-state index contributed by atoms with van der Waals surface area (Å²) in [6.45, 7) is 3.58. The highest BCUT2D eigenvalue weighted by Crippen LogP contribution is 2.29. The van der Waals surface area contributed by atoms with Crippen LogP contribution >= 0.6 is 0 Å². The molecule has 0 aliphatic carbocycles. The topological polar surface area (TPSA) is 47.7 Å². The zero-order valence-corrected chi connectivity index (χ0v) is 18.8. The van der Waals surface area contributed by atoms with Gasteiger partial charge in [0.1, 0.15) is 34.9 Å². The minimum Gasteiger partial charge on any atom is -0.494 e. The first-order valence-corrected chi connectivity index (χ1v) is 11.6. The first kappa shape index (κ1) is 22.3. The van der Waals surface area contributed by atoms with E-state index in [2.05, 4.69) is 10.1 Å². The molecule has 5 nitrogen and oxygen atoms in total. The lowest BCUT2D eigenvalue weighted by Crippen LogP contribution is -2.39. The highest BCUT2D eigenvalue weighted by molar-refractivity contribution is 5.91. The molecular formula is C27H26F2N2O3. The summed E-state index contributed by atoms with van der Waals surface area (Å²) in [4.78, 5) is 2.43. The minimum absolute atomic E-state index is 0.178. The fourth-order valence-electron chi connectivity index (χ4n) is 4.26. The van der Waals surface area contributed by atoms with Gasteiger partial charge in [0.05, 0.1) is 6.61 Å². The number of aromatic nitrogens is 1. The van der Waals surface area contributed by atoms with Gasteiger partial charge in [0, 0.05) is 36.7 Å². The van der Waals surface area contributed by atoms with Crippen LogP contribution in [0.3, 0.4) is 0 Å². The molecule has 0 N–H and O–H groups in total. The molecule has 0 bridgehead atoms. The SMILES string of the molecule is Fc1ccc(OC2CCN(CCCOc3ccc(-c4noc5cc(F)ccc45)cc3)CC2)cc1. The number of piperidine rings is 1. The van der Waals surface area contributed by atoms with E-state index in [-0.39, 0.29) is 17.7 Å². The standard InChI is InChI=1S/C27H26F2N2O3/c28-20-4-9-23(10-5-20)33-24-12-15-31(16-13-24)14-1-17-32-22-7-2-19(3-8-22)27-25-11-6-21(29)18-26(25)34-30-27/h2-11,18,24H,1,12-17H2. The summed E-state index contributed by atoms with van der Waals surface area (Å²) in [6.07, 6.45) is 3.04. The number of nitrogens with zero attached hydrogens (tertiary/aromatic N) is 2. The molecule has 0 spiro atoms. The number of ether oxygens (including phenoxy) is 2. The smallest absolute Gasteiger partial charge is 0.170 e. The Kier molecular flexibility index (Phi) is 6.72. The predicted octanol–water partition coefficient (Wildman–Crippen LogP) is 6.09. The van der Waals surface area contributed by atoms with Crippen LogP contribution in [0.1, 0.15) is 19.3 Å². The lowest BCUT2D eigenvalue weighted by Gasteiger charge is -2.32. The van der Waals surface area contributed by atoms with E-state index in [1.165, 1.54) is 24.3 Å². The Morgan fingerprint density at radius 1 is 0.882 bits per heavy atom. The second kappa shape index (κ2) is 10.2. The van der Waals surface area contributed by atoms with E-state index >= 15 is 0 Å². The van der Waals surface area contributed by atoms with E-state index in [1.807, 2.05) is 24.3 Å². The quantitative estimate of drug-likeness (QED) is 0.296. The van der Waals surface area contributed by atoms with Crippen molar-refractivity contribution in [2.45, 2.75) is 25.4 Å². The molecular weight excluding hydrogens is 438 g/mol. The van der Waals surface area contributed by atoms with Gasteiger partial charge in [-0.1, -0.05) is 5.16 Å². The zero-order chi connectivity index (χ0) is 23.3. The van der Waals surface area contributed by atoms with Crippen LogP contribution < -0.4 is 9.47 Å². The number of hydrogen-bond donors (Lipinski definition) is 0. The Morgan fingerprint density at radius 3 is 2.35 bits per heavy atom. The molecule has 1 aliphatic rings. The van der Waals surface area contributed by atoms with Crippen molar-refractivity contribution in [2.24, 2.45) is 0 Å². The monoisotopic (exact) mass is 464 g/mol. The number of fused-ring (bicyclic) bond motifs is 1. The summed E-state index contributed by atoms with van der Waals surface area (Å²) < 4.78 is 43.5. The summed E-state index contributed by atoms with van der Waals surface area (Å²) in [5.74, 6) is 0.933. The molecule has 176 valence electrons. The minimum atomic E-state index is -0.346. The van der Waals surface area contributed by atoms with Crippen molar-refractivity contribution in [2.75, 3.05) is 26.2 Å². The van der Waals surface area contributed by atoms with Crippen molar-refractivity contribution in [3.63, 3.8) is 0 Å². The Morgan fingerprint density at radius 2 is 1.59 bits per heavy atom. The van der Waals surface area contributed by atoms with Crippen molar-refractivity contribution in [3.05, 3.63) is 78.4 Å². The Hall–Kier alpha value is -3.45. The predicted molar refractivity (Wildman–Crippen MR) is 126 cm³/mol. The van der Waals surface area contributed by atoms with Crippen molar-refractivity contribution in [1.82, 2.24) is 10.1 Å². The molecule has 0 saturated carbocycles. The van der Waals surface area contributed by atoms with Crippen molar-refractivity contribution >= 4 is 11.0 Å². The van der Waals surface area contributed by atoms with Gasteiger partial charge in [0.25, 0.3) is 0 Å². The molecule has 0 unspecified atom stereocenters. The number of benzene rings is 3. The maximum atomic E-state index is 13.4. The van der Waals surface area contributed by atoms with E-state index in [0.29, 0.717) is 17.9 Å². The average Bonchev–Trinajstić information content (AvgIpc) is 3.28. The number of halogens is 2. The first-order chi connectivity index (χ1) is 16.6. The van der Waals surface area contributed by atoms with Crippen molar-refractivity contribution in [3.8, 4) is 22.8 Å². The van der Waals surface area contributed by atoms with E-state index in [9.17, 15) is 8.78 Å². The van der Waals surface area contributed by atoms with E-state index in [0.717, 1.165) is 61.3 Å². The van der Waals surface area contributed by atoms with Gasteiger partial charge in [0.15, 0.2) is 5.58 Å². The highest BCUT2D eigenvalue weighted by atomic mass is 19.1. The fourth-order valence-corrected chi connectivity index (χ4v) is 4.26. The Labute approximate surface area is 196 Å². The van der Waals surface area contributed by atoms with Gasteiger partial charge in [-0.15, -0.1) is 0 Å². The largest absolute Gasteiger partial charge is 0.494 e. The molecule has 1 fully saturated rings. The Bertz CT molecular complexity index is 1220. The summed E-state index contributed by atoms with van der Waals surface area (Å²) >= 11 is 0. The Balaban J connectivity index is 1.04. The molecule has 3 aromatic carbocycles. The van der Waals surface area contributed by atoms with E-state index < -0.39 is 0 Å². The van der Waals surface area contributed by atoms with Crippen LogP contribution in [0.15, 0.2) is 71.3 Å². The second-order valence-corrected chi connectivity index (χ2v) is 8.51. The van der Waals surface area contributed by atoms with Gasteiger partial charge < -0.3 is 18.9 Å². The van der Waals surface area contributed by atoms with Gasteiger partial charge in [-0.2, -0.15) is 0 Å². The molecule has 1 saturated heterocycles. The lowest BCUT2D eigenvalue weighted by atomic mass is 10.1. The third-order valence-corrected chi connectivity index (χ3v) is 6.10. The molecule has 0 radical (unpaired) electrons. The lowest BCUT2D eigenvalue weighted by molar-refractivity contribution is 0.0971. The van der Waals surface area contributed by atoms with Gasteiger partial charge in [-0.05, 0) is 79.9 Å². The van der Waals surface area contributed by atoms with E-state index in [1.54, 1.807) is 18.2 Å². The molecule has 1 aromatic heterocycles. The molecule has 5 rings (SSSR count). The number of rotatable bonds is 8. The molecule has 4 aromatic rings. The maximum Gasteiger partial charge on any atom is 0.170 e. The first-order valence-electron chi connectivity index (χ1n) is 11.6. The van der Waals surface area contributed by atoms with Gasteiger partial charge in [-0.3, -0.25) is 0 Å². The zero-order valence-electron chi connectivity index (χ0n) is 18.8. The van der Waals surface area contributed by atoms with Gasteiger partial charge in [-0.25, -0.2) is 8.78 Å². The van der Waals surface area contributed by atoms with Crippen molar-refractivity contribution in [1.29, 1.82) is 0 Å². The van der Waals surface area contributed by atoms with Gasteiger partial charge >= 0.3 is 0 Å².